The Bertz CT molecular complexity index is 738. The Kier molecular flexibility index (Phi) is 6.95. The van der Waals surface area contributed by atoms with Crippen LogP contribution in [0.25, 0.3) is 0 Å². The van der Waals surface area contributed by atoms with E-state index in [-0.39, 0.29) is 17.9 Å². The highest BCUT2D eigenvalue weighted by Crippen LogP contribution is 2.16. The molecule has 1 amide bonds. The van der Waals surface area contributed by atoms with Crippen molar-refractivity contribution in [2.45, 2.75) is 51.7 Å². The average molecular weight is 373 g/mol. The first-order valence-electron chi connectivity index (χ1n) is 9.51. The van der Waals surface area contributed by atoms with Gasteiger partial charge >= 0.3 is 0 Å². The Morgan fingerprint density at radius 1 is 1.30 bits per heavy atom. The van der Waals surface area contributed by atoms with Crippen molar-refractivity contribution in [2.24, 2.45) is 0 Å². The zero-order valence-electron chi connectivity index (χ0n) is 15.9. The van der Waals surface area contributed by atoms with E-state index in [4.69, 9.17) is 14.0 Å². The van der Waals surface area contributed by atoms with Gasteiger partial charge in [-0.05, 0) is 24.5 Å². The molecule has 2 aromatic rings. The van der Waals surface area contributed by atoms with Crippen LogP contribution in [0.4, 0.5) is 0 Å². The molecule has 7 nitrogen and oxygen atoms in total. The SMILES string of the molecule is CC(C)c1noc(CCNC(=O)c2ccccc2COC2CCOCC2)n1. The van der Waals surface area contributed by atoms with Crippen molar-refractivity contribution < 1.29 is 18.8 Å². The molecule has 0 radical (unpaired) electrons. The highest BCUT2D eigenvalue weighted by Gasteiger charge is 2.17. The Morgan fingerprint density at radius 2 is 2.07 bits per heavy atom. The third-order valence-corrected chi connectivity index (χ3v) is 4.53. The summed E-state index contributed by atoms with van der Waals surface area (Å²) in [5.74, 6) is 1.33. The Labute approximate surface area is 159 Å². The van der Waals surface area contributed by atoms with Crippen LogP contribution in [-0.4, -0.2) is 41.9 Å². The molecule has 0 saturated carbocycles. The molecule has 0 atom stereocenters. The van der Waals surface area contributed by atoms with Crippen molar-refractivity contribution in [2.75, 3.05) is 19.8 Å². The normalized spacial score (nSPS) is 15.2. The smallest absolute Gasteiger partial charge is 0.251 e. The van der Waals surface area contributed by atoms with Gasteiger partial charge in [0, 0.05) is 37.7 Å². The van der Waals surface area contributed by atoms with Gasteiger partial charge in [0.2, 0.25) is 5.89 Å². The van der Waals surface area contributed by atoms with E-state index in [9.17, 15) is 4.79 Å². The van der Waals surface area contributed by atoms with Crippen LogP contribution >= 0.6 is 0 Å². The van der Waals surface area contributed by atoms with Crippen LogP contribution in [-0.2, 0) is 22.5 Å². The monoisotopic (exact) mass is 373 g/mol. The first-order valence-corrected chi connectivity index (χ1v) is 9.51. The van der Waals surface area contributed by atoms with E-state index >= 15 is 0 Å². The highest BCUT2D eigenvalue weighted by molar-refractivity contribution is 5.95. The number of nitrogens with one attached hydrogen (secondary N) is 1. The molecule has 0 bridgehead atoms. The molecule has 0 spiro atoms. The molecule has 1 fully saturated rings. The fraction of sp³-hybridized carbons (Fsp3) is 0.550. The number of aromatic nitrogens is 2. The molecule has 1 aromatic carbocycles. The number of carbonyl (C=O) groups excluding carboxylic acids is 1. The Hall–Kier alpha value is -2.25. The lowest BCUT2D eigenvalue weighted by atomic mass is 10.1. The molecule has 146 valence electrons. The summed E-state index contributed by atoms with van der Waals surface area (Å²) in [6, 6.07) is 7.54. The summed E-state index contributed by atoms with van der Waals surface area (Å²) in [5, 5.41) is 6.85. The van der Waals surface area contributed by atoms with Gasteiger partial charge in [-0.2, -0.15) is 4.98 Å². The van der Waals surface area contributed by atoms with E-state index in [0.717, 1.165) is 31.6 Å². The molecule has 1 aromatic heterocycles. The number of nitrogens with zero attached hydrogens (tertiary/aromatic N) is 2. The second-order valence-electron chi connectivity index (χ2n) is 6.99. The minimum Gasteiger partial charge on any atom is -0.381 e. The maximum Gasteiger partial charge on any atom is 0.251 e. The molecule has 2 heterocycles. The average Bonchev–Trinajstić information content (AvgIpc) is 3.17. The fourth-order valence-electron chi connectivity index (χ4n) is 2.90. The molecular formula is C20H27N3O4. The van der Waals surface area contributed by atoms with Crippen LogP contribution in [0.1, 0.15) is 60.2 Å². The third-order valence-electron chi connectivity index (χ3n) is 4.53. The molecule has 1 aliphatic rings. The van der Waals surface area contributed by atoms with Crippen molar-refractivity contribution >= 4 is 5.91 Å². The number of rotatable bonds is 8. The molecule has 1 N–H and O–H groups in total. The molecule has 27 heavy (non-hydrogen) atoms. The first-order chi connectivity index (χ1) is 13.1. The van der Waals surface area contributed by atoms with E-state index in [1.807, 2.05) is 38.1 Å². The van der Waals surface area contributed by atoms with Crippen molar-refractivity contribution in [3.05, 3.63) is 47.1 Å². The van der Waals surface area contributed by atoms with Gasteiger partial charge in [-0.3, -0.25) is 4.79 Å². The predicted octanol–water partition coefficient (Wildman–Crippen LogP) is 2.86. The topological polar surface area (TPSA) is 86.5 Å². The Balaban J connectivity index is 1.51. The summed E-state index contributed by atoms with van der Waals surface area (Å²) in [7, 11) is 0. The Morgan fingerprint density at radius 3 is 2.81 bits per heavy atom. The van der Waals surface area contributed by atoms with E-state index < -0.39 is 0 Å². The zero-order valence-corrected chi connectivity index (χ0v) is 15.9. The van der Waals surface area contributed by atoms with Crippen molar-refractivity contribution in [3.8, 4) is 0 Å². The van der Waals surface area contributed by atoms with Gasteiger partial charge in [0.25, 0.3) is 5.91 Å². The van der Waals surface area contributed by atoms with E-state index in [1.165, 1.54) is 0 Å². The third kappa shape index (κ3) is 5.61. The number of amides is 1. The quantitative estimate of drug-likeness (QED) is 0.766. The van der Waals surface area contributed by atoms with E-state index in [1.54, 1.807) is 0 Å². The van der Waals surface area contributed by atoms with E-state index in [2.05, 4.69) is 15.5 Å². The van der Waals surface area contributed by atoms with Crippen molar-refractivity contribution in [1.29, 1.82) is 0 Å². The number of carbonyl (C=O) groups is 1. The van der Waals surface area contributed by atoms with Gasteiger partial charge in [0.15, 0.2) is 5.82 Å². The fourth-order valence-corrected chi connectivity index (χ4v) is 2.90. The van der Waals surface area contributed by atoms with Crippen LogP contribution in [0.15, 0.2) is 28.8 Å². The van der Waals surface area contributed by atoms with Crippen LogP contribution < -0.4 is 5.32 Å². The van der Waals surface area contributed by atoms with Gasteiger partial charge in [0.05, 0.1) is 12.7 Å². The second-order valence-corrected chi connectivity index (χ2v) is 6.99. The van der Waals surface area contributed by atoms with Gasteiger partial charge in [-0.25, -0.2) is 0 Å². The number of hydrogen-bond acceptors (Lipinski definition) is 6. The minimum absolute atomic E-state index is 0.121. The lowest BCUT2D eigenvalue weighted by molar-refractivity contribution is -0.0392. The summed E-state index contributed by atoms with van der Waals surface area (Å²) >= 11 is 0. The largest absolute Gasteiger partial charge is 0.381 e. The minimum atomic E-state index is -0.121. The molecule has 7 heteroatoms. The highest BCUT2D eigenvalue weighted by atomic mass is 16.5. The lowest BCUT2D eigenvalue weighted by Crippen LogP contribution is -2.27. The second kappa shape index (κ2) is 9.62. The standard InChI is InChI=1S/C20H27N3O4/c1-14(2)19-22-18(27-23-19)7-10-21-20(24)17-6-4-3-5-15(17)13-26-16-8-11-25-12-9-16/h3-6,14,16H,7-13H2,1-2H3,(H,21,24). The van der Waals surface area contributed by atoms with Crippen LogP contribution in [0.5, 0.6) is 0 Å². The first kappa shape index (κ1) is 19.5. The molecule has 3 rings (SSSR count). The number of hydrogen-bond donors (Lipinski definition) is 1. The molecule has 1 saturated heterocycles. The summed E-state index contributed by atoms with van der Waals surface area (Å²) in [6.45, 7) is 6.36. The molecule has 1 aliphatic heterocycles. The summed E-state index contributed by atoms with van der Waals surface area (Å²) in [5.41, 5.74) is 1.53. The van der Waals surface area contributed by atoms with E-state index in [0.29, 0.717) is 36.9 Å². The maximum absolute atomic E-state index is 12.6. The van der Waals surface area contributed by atoms with Crippen molar-refractivity contribution in [1.82, 2.24) is 15.5 Å². The number of ether oxygens (including phenoxy) is 2. The molecule has 0 aliphatic carbocycles. The van der Waals surface area contributed by atoms with Gasteiger partial charge < -0.3 is 19.3 Å². The molecular weight excluding hydrogens is 346 g/mol. The van der Waals surface area contributed by atoms with Crippen molar-refractivity contribution in [3.63, 3.8) is 0 Å². The maximum atomic E-state index is 12.6. The number of benzene rings is 1. The van der Waals surface area contributed by atoms with Crippen LogP contribution in [0, 0.1) is 0 Å². The van der Waals surface area contributed by atoms with Crippen LogP contribution in [0.3, 0.4) is 0 Å². The van der Waals surface area contributed by atoms with Gasteiger partial charge in [-0.15, -0.1) is 0 Å². The van der Waals surface area contributed by atoms with Crippen LogP contribution in [0.2, 0.25) is 0 Å². The molecule has 0 unspecified atom stereocenters. The predicted molar refractivity (Wildman–Crippen MR) is 99.5 cm³/mol. The zero-order chi connectivity index (χ0) is 19.1. The summed E-state index contributed by atoms with van der Waals surface area (Å²) in [6.07, 6.45) is 2.50. The lowest BCUT2D eigenvalue weighted by Gasteiger charge is -2.22. The van der Waals surface area contributed by atoms with Gasteiger partial charge in [-0.1, -0.05) is 37.2 Å². The van der Waals surface area contributed by atoms with Gasteiger partial charge in [0.1, 0.15) is 0 Å². The summed E-state index contributed by atoms with van der Waals surface area (Å²) in [4.78, 5) is 16.9. The summed E-state index contributed by atoms with van der Waals surface area (Å²) < 4.78 is 16.5.